The average molecular weight is 198 g/mol. The van der Waals surface area contributed by atoms with Gasteiger partial charge in [-0.2, -0.15) is 0 Å². The van der Waals surface area contributed by atoms with Crippen molar-refractivity contribution in [3.8, 4) is 0 Å². The Kier molecular flexibility index (Phi) is 3.19. The molecule has 0 spiro atoms. The number of aliphatic carboxylic acids is 1. The third-order valence-electron chi connectivity index (χ3n) is 1.88. The highest BCUT2D eigenvalue weighted by molar-refractivity contribution is 5.67. The minimum atomic E-state index is -1.28. The molecule has 0 bridgehead atoms. The molecule has 0 fully saturated rings. The van der Waals surface area contributed by atoms with Gasteiger partial charge in [0.25, 0.3) is 0 Å². The molecule has 0 aliphatic rings. The summed E-state index contributed by atoms with van der Waals surface area (Å²) in [5, 5.41) is 17.8. The molecular weight excluding hydrogens is 187 g/mol. The summed E-state index contributed by atoms with van der Waals surface area (Å²) in [5.41, 5.74) is 0.756. The van der Waals surface area contributed by atoms with E-state index in [1.165, 1.54) is 12.1 Å². The Labute approximate surface area is 80.8 Å². The Morgan fingerprint density at radius 2 is 2.21 bits per heavy atom. The van der Waals surface area contributed by atoms with Crippen molar-refractivity contribution in [3.05, 3.63) is 35.1 Å². The van der Waals surface area contributed by atoms with Crippen molar-refractivity contribution in [3.63, 3.8) is 0 Å². The van der Waals surface area contributed by atoms with Gasteiger partial charge in [-0.3, -0.25) is 4.79 Å². The highest BCUT2D eigenvalue weighted by Gasteiger charge is 2.15. The Morgan fingerprint density at radius 1 is 1.57 bits per heavy atom. The molecule has 0 heterocycles. The second-order valence-corrected chi connectivity index (χ2v) is 3.14. The second-order valence-electron chi connectivity index (χ2n) is 3.14. The van der Waals surface area contributed by atoms with Crippen molar-refractivity contribution in [1.82, 2.24) is 0 Å². The second kappa shape index (κ2) is 4.19. The number of aryl methyl sites for hydroxylation is 1. The SMILES string of the molecule is Cc1ccc(C(O)CC(=O)O)c(F)c1. The van der Waals surface area contributed by atoms with Gasteiger partial charge >= 0.3 is 5.97 Å². The molecule has 0 saturated carbocycles. The van der Waals surface area contributed by atoms with Crippen LogP contribution < -0.4 is 0 Å². The Balaban J connectivity index is 2.90. The number of halogens is 1. The van der Waals surface area contributed by atoms with E-state index < -0.39 is 24.3 Å². The smallest absolute Gasteiger partial charge is 0.306 e. The number of hydrogen-bond acceptors (Lipinski definition) is 2. The average Bonchev–Trinajstić information content (AvgIpc) is 2.01. The van der Waals surface area contributed by atoms with Crippen LogP contribution in [-0.2, 0) is 4.79 Å². The molecule has 4 heteroatoms. The molecule has 0 radical (unpaired) electrons. The lowest BCUT2D eigenvalue weighted by molar-refractivity contribution is -0.139. The van der Waals surface area contributed by atoms with Gasteiger partial charge in [0.1, 0.15) is 5.82 Å². The van der Waals surface area contributed by atoms with Crippen LogP contribution in [0.15, 0.2) is 18.2 Å². The number of rotatable bonds is 3. The zero-order chi connectivity index (χ0) is 10.7. The zero-order valence-electron chi connectivity index (χ0n) is 7.70. The summed E-state index contributed by atoms with van der Waals surface area (Å²) in [4.78, 5) is 10.3. The van der Waals surface area contributed by atoms with Crippen LogP contribution in [0.25, 0.3) is 0 Å². The fraction of sp³-hybridized carbons (Fsp3) is 0.300. The van der Waals surface area contributed by atoms with Gasteiger partial charge < -0.3 is 10.2 Å². The van der Waals surface area contributed by atoms with E-state index in [4.69, 9.17) is 5.11 Å². The van der Waals surface area contributed by atoms with Crippen LogP contribution >= 0.6 is 0 Å². The predicted octanol–water partition coefficient (Wildman–Crippen LogP) is 1.64. The fourth-order valence-corrected chi connectivity index (χ4v) is 1.18. The van der Waals surface area contributed by atoms with E-state index >= 15 is 0 Å². The maximum Gasteiger partial charge on any atom is 0.306 e. The van der Waals surface area contributed by atoms with Crippen LogP contribution in [0.4, 0.5) is 4.39 Å². The number of aliphatic hydroxyl groups is 1. The molecule has 1 aromatic rings. The molecule has 0 aliphatic heterocycles. The van der Waals surface area contributed by atoms with Crippen molar-refractivity contribution >= 4 is 5.97 Å². The maximum atomic E-state index is 13.2. The largest absolute Gasteiger partial charge is 0.481 e. The lowest BCUT2D eigenvalue weighted by Gasteiger charge is -2.09. The number of aliphatic hydroxyl groups excluding tert-OH is 1. The number of carboxylic acids is 1. The van der Waals surface area contributed by atoms with E-state index in [2.05, 4.69) is 0 Å². The summed E-state index contributed by atoms with van der Waals surface area (Å²) in [6.07, 6.45) is -1.77. The first-order valence-corrected chi connectivity index (χ1v) is 4.16. The quantitative estimate of drug-likeness (QED) is 0.776. The molecule has 1 rings (SSSR count). The van der Waals surface area contributed by atoms with Gasteiger partial charge in [-0.1, -0.05) is 12.1 Å². The van der Waals surface area contributed by atoms with Crippen molar-refractivity contribution in [1.29, 1.82) is 0 Å². The standard InChI is InChI=1S/C10H11FO3/c1-6-2-3-7(8(11)4-6)9(12)5-10(13)14/h2-4,9,12H,5H2,1H3,(H,13,14). The van der Waals surface area contributed by atoms with Crippen molar-refractivity contribution < 1.29 is 19.4 Å². The van der Waals surface area contributed by atoms with Crippen LogP contribution in [-0.4, -0.2) is 16.2 Å². The van der Waals surface area contributed by atoms with E-state index in [1.807, 2.05) is 0 Å². The predicted molar refractivity (Wildman–Crippen MR) is 48.3 cm³/mol. The van der Waals surface area contributed by atoms with Crippen molar-refractivity contribution in [2.45, 2.75) is 19.4 Å². The molecule has 1 aromatic carbocycles. The highest BCUT2D eigenvalue weighted by atomic mass is 19.1. The van der Waals surface area contributed by atoms with E-state index in [9.17, 15) is 14.3 Å². The van der Waals surface area contributed by atoms with E-state index in [1.54, 1.807) is 13.0 Å². The van der Waals surface area contributed by atoms with Gasteiger partial charge in [0.05, 0.1) is 12.5 Å². The molecule has 2 N–H and O–H groups in total. The molecule has 0 saturated heterocycles. The molecular formula is C10H11FO3. The number of carboxylic acid groups (broad SMARTS) is 1. The van der Waals surface area contributed by atoms with Gasteiger partial charge in [0, 0.05) is 5.56 Å². The number of carbonyl (C=O) groups is 1. The summed E-state index contributed by atoms with van der Waals surface area (Å²) in [6, 6.07) is 4.29. The molecule has 1 atom stereocenters. The summed E-state index contributed by atoms with van der Waals surface area (Å²) in [6.45, 7) is 1.72. The van der Waals surface area contributed by atoms with Gasteiger partial charge in [-0.15, -0.1) is 0 Å². The monoisotopic (exact) mass is 198 g/mol. The molecule has 1 unspecified atom stereocenters. The fourth-order valence-electron chi connectivity index (χ4n) is 1.18. The highest BCUT2D eigenvalue weighted by Crippen LogP contribution is 2.20. The van der Waals surface area contributed by atoms with E-state index in [0.29, 0.717) is 0 Å². The first-order valence-electron chi connectivity index (χ1n) is 4.16. The normalized spacial score (nSPS) is 12.5. The van der Waals surface area contributed by atoms with Crippen LogP contribution in [0.3, 0.4) is 0 Å². The Hall–Kier alpha value is -1.42. The molecule has 3 nitrogen and oxygen atoms in total. The molecule has 76 valence electrons. The van der Waals surface area contributed by atoms with Crippen molar-refractivity contribution in [2.75, 3.05) is 0 Å². The molecule has 0 aliphatic carbocycles. The topological polar surface area (TPSA) is 57.5 Å². The third-order valence-corrected chi connectivity index (χ3v) is 1.88. The lowest BCUT2D eigenvalue weighted by atomic mass is 10.0. The summed E-state index contributed by atoms with van der Waals surface area (Å²) in [7, 11) is 0. The van der Waals surface area contributed by atoms with Gasteiger partial charge in [0.15, 0.2) is 0 Å². The molecule has 14 heavy (non-hydrogen) atoms. The third kappa shape index (κ3) is 2.53. The van der Waals surface area contributed by atoms with Crippen LogP contribution in [0.5, 0.6) is 0 Å². The summed E-state index contributed by atoms with van der Waals surface area (Å²) in [5.74, 6) is -1.73. The Morgan fingerprint density at radius 3 is 2.71 bits per heavy atom. The van der Waals surface area contributed by atoms with Crippen molar-refractivity contribution in [2.24, 2.45) is 0 Å². The van der Waals surface area contributed by atoms with Gasteiger partial charge in [-0.05, 0) is 18.6 Å². The first kappa shape index (κ1) is 10.7. The molecule has 0 amide bonds. The zero-order valence-corrected chi connectivity index (χ0v) is 7.70. The summed E-state index contributed by atoms with van der Waals surface area (Å²) >= 11 is 0. The van der Waals surface area contributed by atoms with Crippen LogP contribution in [0.1, 0.15) is 23.7 Å². The van der Waals surface area contributed by atoms with E-state index in [-0.39, 0.29) is 5.56 Å². The minimum absolute atomic E-state index is 0.0259. The first-order chi connectivity index (χ1) is 6.50. The van der Waals surface area contributed by atoms with E-state index in [0.717, 1.165) is 5.56 Å². The van der Waals surface area contributed by atoms with Gasteiger partial charge in [0.2, 0.25) is 0 Å². The minimum Gasteiger partial charge on any atom is -0.481 e. The lowest BCUT2D eigenvalue weighted by Crippen LogP contribution is -2.07. The Bertz CT molecular complexity index is 349. The van der Waals surface area contributed by atoms with Crippen LogP contribution in [0, 0.1) is 12.7 Å². The van der Waals surface area contributed by atoms with Crippen LogP contribution in [0.2, 0.25) is 0 Å². The maximum absolute atomic E-state index is 13.2. The number of hydrogen-bond donors (Lipinski definition) is 2. The van der Waals surface area contributed by atoms with Gasteiger partial charge in [-0.25, -0.2) is 4.39 Å². The number of benzene rings is 1. The molecule has 0 aromatic heterocycles. The summed E-state index contributed by atoms with van der Waals surface area (Å²) < 4.78 is 13.2.